The molecule has 0 fully saturated rings. The third kappa shape index (κ3) is 4.97. The summed E-state index contributed by atoms with van der Waals surface area (Å²) >= 11 is 0. The van der Waals surface area contributed by atoms with Gasteiger partial charge in [-0.3, -0.25) is 0 Å². The molecule has 0 saturated heterocycles. The summed E-state index contributed by atoms with van der Waals surface area (Å²) in [5, 5.41) is -0.645. The molecule has 0 unspecified atom stereocenters. The molecule has 0 aliphatic carbocycles. The third-order valence-corrected chi connectivity index (χ3v) is 4.47. The van der Waals surface area contributed by atoms with Crippen molar-refractivity contribution in [3.05, 3.63) is 47.0 Å². The zero-order valence-electron chi connectivity index (χ0n) is 16.7. The SMILES string of the molecule is Cc1ccc2c(C#CC(F)(F)C(F)(F)C(F)(F)F)cccc2c1C#CC(F)(F)C(F)(F)C(F)(F)F. The van der Waals surface area contributed by atoms with Crippen molar-refractivity contribution in [2.45, 2.75) is 43.0 Å². The highest BCUT2D eigenvalue weighted by Crippen LogP contribution is 2.47. The van der Waals surface area contributed by atoms with Gasteiger partial charge < -0.3 is 0 Å². The molecular formula is C21H8F14. The predicted octanol–water partition coefficient (Wildman–Crippen LogP) is 7.52. The van der Waals surface area contributed by atoms with Gasteiger partial charge in [-0.05, 0) is 41.2 Å². The molecule has 0 aliphatic rings. The van der Waals surface area contributed by atoms with E-state index in [1.54, 1.807) is 0 Å². The summed E-state index contributed by atoms with van der Waals surface area (Å²) in [6.07, 6.45) is -13.3. The van der Waals surface area contributed by atoms with Gasteiger partial charge in [-0.2, -0.15) is 61.5 Å². The minimum Gasteiger partial charge on any atom is -0.188 e. The Kier molecular flexibility index (Phi) is 6.82. The van der Waals surface area contributed by atoms with Crippen LogP contribution in [0.3, 0.4) is 0 Å². The van der Waals surface area contributed by atoms with Gasteiger partial charge in [0.1, 0.15) is 0 Å². The van der Waals surface area contributed by atoms with E-state index in [4.69, 9.17) is 0 Å². The first-order valence-corrected chi connectivity index (χ1v) is 8.80. The van der Waals surface area contributed by atoms with Gasteiger partial charge in [0, 0.05) is 11.1 Å². The molecule has 0 radical (unpaired) electrons. The lowest BCUT2D eigenvalue weighted by molar-refractivity contribution is -0.339. The molecule has 0 heterocycles. The Morgan fingerprint density at radius 3 is 1.46 bits per heavy atom. The molecule has 0 spiro atoms. The molecule has 0 bridgehead atoms. The monoisotopic (exact) mass is 526 g/mol. The number of alkyl halides is 14. The van der Waals surface area contributed by atoms with E-state index in [1.807, 2.05) is 0 Å². The fourth-order valence-electron chi connectivity index (χ4n) is 2.54. The van der Waals surface area contributed by atoms with Crippen LogP contribution in [0.5, 0.6) is 0 Å². The molecule has 14 heteroatoms. The van der Waals surface area contributed by atoms with Crippen molar-refractivity contribution in [3.8, 4) is 23.7 Å². The summed E-state index contributed by atoms with van der Waals surface area (Å²) in [6.45, 7) is 1.17. The molecule has 0 saturated carbocycles. The van der Waals surface area contributed by atoms with E-state index in [2.05, 4.69) is 0 Å². The van der Waals surface area contributed by atoms with Crippen LogP contribution in [-0.4, -0.2) is 36.0 Å². The van der Waals surface area contributed by atoms with E-state index < -0.39 is 47.2 Å². The quantitative estimate of drug-likeness (QED) is 0.281. The molecule has 2 aromatic rings. The van der Waals surface area contributed by atoms with E-state index in [0.717, 1.165) is 30.3 Å². The largest absolute Gasteiger partial charge is 0.461 e. The first-order chi connectivity index (χ1) is 15.6. The van der Waals surface area contributed by atoms with E-state index >= 15 is 0 Å². The summed E-state index contributed by atoms with van der Waals surface area (Å²) < 4.78 is 180. The zero-order valence-corrected chi connectivity index (χ0v) is 16.7. The van der Waals surface area contributed by atoms with Crippen molar-refractivity contribution >= 4 is 10.8 Å². The van der Waals surface area contributed by atoms with Crippen LogP contribution in [0, 0.1) is 30.6 Å². The van der Waals surface area contributed by atoms with Crippen LogP contribution >= 0.6 is 0 Å². The molecule has 0 N–H and O–H groups in total. The van der Waals surface area contributed by atoms with Crippen molar-refractivity contribution in [3.63, 3.8) is 0 Å². The Bertz CT molecular complexity index is 1240. The van der Waals surface area contributed by atoms with Gasteiger partial charge >= 0.3 is 36.0 Å². The normalized spacial score (nSPS) is 13.7. The molecule has 2 rings (SSSR count). The van der Waals surface area contributed by atoms with Crippen LogP contribution in [-0.2, 0) is 0 Å². The number of rotatable bonds is 2. The lowest BCUT2D eigenvalue weighted by Crippen LogP contribution is -2.51. The van der Waals surface area contributed by atoms with E-state index in [9.17, 15) is 61.5 Å². The molecule has 0 aliphatic heterocycles. The summed E-state index contributed by atoms with van der Waals surface area (Å²) in [5.74, 6) is -20.9. The van der Waals surface area contributed by atoms with Crippen molar-refractivity contribution < 1.29 is 61.5 Å². The standard InChI is InChI=1S/C21H8F14/c1-11-5-6-14-12(7-9-16(22,23)18(26,27)20(30,31)32)3-2-4-15(14)13(11)8-10-17(24,25)19(28,29)21(33,34)35/h2-6H,1H3. The van der Waals surface area contributed by atoms with E-state index in [1.165, 1.54) is 18.8 Å². The summed E-state index contributed by atoms with van der Waals surface area (Å²) in [4.78, 5) is 0. The van der Waals surface area contributed by atoms with Crippen molar-refractivity contribution in [2.24, 2.45) is 0 Å². The highest BCUT2D eigenvalue weighted by molar-refractivity contribution is 5.93. The zero-order chi connectivity index (χ0) is 27.3. The van der Waals surface area contributed by atoms with Gasteiger partial charge in [-0.25, -0.2) is 0 Å². The first-order valence-electron chi connectivity index (χ1n) is 8.80. The predicted molar refractivity (Wildman–Crippen MR) is 94.3 cm³/mol. The van der Waals surface area contributed by atoms with Gasteiger partial charge in [0.25, 0.3) is 0 Å². The highest BCUT2D eigenvalue weighted by Gasteiger charge is 2.73. The van der Waals surface area contributed by atoms with Crippen LogP contribution in [0.15, 0.2) is 30.3 Å². The van der Waals surface area contributed by atoms with Crippen molar-refractivity contribution in [2.75, 3.05) is 0 Å². The number of hydrogen-bond donors (Lipinski definition) is 0. The molecule has 0 amide bonds. The van der Waals surface area contributed by atoms with Crippen molar-refractivity contribution in [1.29, 1.82) is 0 Å². The van der Waals surface area contributed by atoms with Crippen molar-refractivity contribution in [1.82, 2.24) is 0 Å². The second-order valence-corrected chi connectivity index (χ2v) is 6.95. The number of fused-ring (bicyclic) bond motifs is 1. The van der Waals surface area contributed by atoms with E-state index in [-0.39, 0.29) is 16.3 Å². The fraction of sp³-hybridized carbons (Fsp3) is 0.333. The minimum absolute atomic E-state index is 0.0600. The summed E-state index contributed by atoms with van der Waals surface area (Å²) in [5.41, 5.74) is -1.25. The average Bonchev–Trinajstić information content (AvgIpc) is 2.69. The van der Waals surface area contributed by atoms with Gasteiger partial charge in [-0.1, -0.05) is 36.1 Å². The minimum atomic E-state index is -6.65. The Morgan fingerprint density at radius 2 is 1.00 bits per heavy atom. The molecule has 35 heavy (non-hydrogen) atoms. The van der Waals surface area contributed by atoms with Gasteiger partial charge in [0.15, 0.2) is 0 Å². The second-order valence-electron chi connectivity index (χ2n) is 6.95. The number of benzene rings is 2. The Labute approximate surface area is 186 Å². The Balaban J connectivity index is 2.66. The second kappa shape index (κ2) is 8.50. The maximum atomic E-state index is 13.5. The summed E-state index contributed by atoms with van der Waals surface area (Å²) in [6, 6.07) is 4.93. The average molecular weight is 526 g/mol. The Hall–Kier alpha value is -3.16. The lowest BCUT2D eigenvalue weighted by Gasteiger charge is -2.24. The van der Waals surface area contributed by atoms with Gasteiger partial charge in [-0.15, -0.1) is 0 Å². The first kappa shape index (κ1) is 28.1. The third-order valence-electron chi connectivity index (χ3n) is 4.47. The van der Waals surface area contributed by atoms with Crippen LogP contribution in [0.25, 0.3) is 10.8 Å². The number of hydrogen-bond acceptors (Lipinski definition) is 0. The number of aryl methyl sites for hydroxylation is 1. The van der Waals surface area contributed by atoms with Crippen LogP contribution in [0.4, 0.5) is 61.5 Å². The molecule has 0 aromatic heterocycles. The van der Waals surface area contributed by atoms with Crippen LogP contribution in [0.1, 0.15) is 16.7 Å². The molecule has 190 valence electrons. The molecule has 0 nitrogen and oxygen atoms in total. The van der Waals surface area contributed by atoms with Crippen LogP contribution < -0.4 is 0 Å². The van der Waals surface area contributed by atoms with Crippen LogP contribution in [0.2, 0.25) is 0 Å². The van der Waals surface area contributed by atoms with E-state index in [0.29, 0.717) is 11.8 Å². The summed E-state index contributed by atoms with van der Waals surface area (Å²) in [7, 11) is 0. The van der Waals surface area contributed by atoms with Gasteiger partial charge in [0.05, 0.1) is 0 Å². The van der Waals surface area contributed by atoms with Gasteiger partial charge in [0.2, 0.25) is 0 Å². The number of halogens is 14. The highest BCUT2D eigenvalue weighted by atomic mass is 19.4. The maximum absolute atomic E-state index is 13.5. The molecule has 2 aromatic carbocycles. The topological polar surface area (TPSA) is 0 Å². The smallest absolute Gasteiger partial charge is 0.188 e. The molecule has 0 atom stereocenters. The Morgan fingerprint density at radius 1 is 0.543 bits per heavy atom. The maximum Gasteiger partial charge on any atom is 0.461 e. The fourth-order valence-corrected chi connectivity index (χ4v) is 2.54. The molecular weight excluding hydrogens is 518 g/mol. The lowest BCUT2D eigenvalue weighted by atomic mass is 9.96.